The summed E-state index contributed by atoms with van der Waals surface area (Å²) in [5, 5.41) is 9.27. The van der Waals surface area contributed by atoms with Crippen molar-refractivity contribution in [1.29, 1.82) is 0 Å². The predicted octanol–water partition coefficient (Wildman–Crippen LogP) is 6.90. The fraction of sp³-hybridized carbons (Fsp3) is 0.214. The van der Waals surface area contributed by atoms with E-state index < -0.39 is 0 Å². The van der Waals surface area contributed by atoms with Gasteiger partial charge >= 0.3 is 0 Å². The topological polar surface area (TPSA) is 52.0 Å². The number of benzene rings is 3. The lowest BCUT2D eigenvalue weighted by Gasteiger charge is -2.39. The lowest BCUT2D eigenvalue weighted by Crippen LogP contribution is -2.32. The number of thioether (sulfide) groups is 2. The first-order valence-corrected chi connectivity index (χ1v) is 14.0. The van der Waals surface area contributed by atoms with E-state index in [0.29, 0.717) is 0 Å². The molecule has 35 heavy (non-hydrogen) atoms. The number of aromatic nitrogens is 3. The molecule has 0 saturated heterocycles. The summed E-state index contributed by atoms with van der Waals surface area (Å²) in [7, 11) is 0. The van der Waals surface area contributed by atoms with Gasteiger partial charge in [-0.05, 0) is 61.8 Å². The van der Waals surface area contributed by atoms with Crippen LogP contribution in [0.3, 0.4) is 0 Å². The van der Waals surface area contributed by atoms with Crippen LogP contribution in [-0.4, -0.2) is 27.3 Å². The molecule has 2 aliphatic rings. The molecule has 0 bridgehead atoms. The Morgan fingerprint density at radius 2 is 1.57 bits per heavy atom. The van der Waals surface area contributed by atoms with Crippen molar-refractivity contribution in [3.8, 4) is 5.75 Å². The summed E-state index contributed by atoms with van der Waals surface area (Å²) in [5.74, 6) is 1.63. The average molecular weight is 499 g/mol. The number of hydrogen-bond acceptors (Lipinski definition) is 6. The SMILES string of the molecule is CSc1ccc(C2Oc3ccc(C)cc3C3=C2C(c2ccc(C)cc2)n2nc(SC)nc2N3)cc1. The second-order valence-corrected chi connectivity index (χ2v) is 10.6. The minimum atomic E-state index is -0.259. The minimum absolute atomic E-state index is 0.144. The summed E-state index contributed by atoms with van der Waals surface area (Å²) in [4.78, 5) is 6.03. The third-order valence-electron chi connectivity index (χ3n) is 6.60. The maximum Gasteiger partial charge on any atom is 0.227 e. The summed E-state index contributed by atoms with van der Waals surface area (Å²) in [6.07, 6.45) is 3.84. The molecule has 0 amide bonds. The molecule has 3 heterocycles. The first kappa shape index (κ1) is 22.3. The number of ether oxygens (including phenoxy) is 1. The predicted molar refractivity (Wildman–Crippen MR) is 144 cm³/mol. The van der Waals surface area contributed by atoms with Gasteiger partial charge in [0.15, 0.2) is 0 Å². The van der Waals surface area contributed by atoms with Crippen LogP contribution in [0.4, 0.5) is 5.95 Å². The number of rotatable bonds is 4. The smallest absolute Gasteiger partial charge is 0.227 e. The quantitative estimate of drug-likeness (QED) is 0.309. The molecule has 0 radical (unpaired) electrons. The lowest BCUT2D eigenvalue weighted by molar-refractivity contribution is 0.223. The van der Waals surface area contributed by atoms with Crippen molar-refractivity contribution in [2.45, 2.75) is 36.0 Å². The molecule has 2 atom stereocenters. The van der Waals surface area contributed by atoms with Gasteiger partial charge in [0.25, 0.3) is 0 Å². The van der Waals surface area contributed by atoms with Crippen LogP contribution in [0.25, 0.3) is 5.70 Å². The van der Waals surface area contributed by atoms with Gasteiger partial charge < -0.3 is 10.1 Å². The van der Waals surface area contributed by atoms with Crippen molar-refractivity contribution in [2.75, 3.05) is 17.8 Å². The largest absolute Gasteiger partial charge is 0.480 e. The van der Waals surface area contributed by atoms with Crippen LogP contribution >= 0.6 is 23.5 Å². The average Bonchev–Trinajstić information content (AvgIpc) is 3.31. The van der Waals surface area contributed by atoms with Crippen LogP contribution in [-0.2, 0) is 0 Å². The summed E-state index contributed by atoms with van der Waals surface area (Å²) < 4.78 is 8.78. The molecular formula is C28H26N4OS2. The second kappa shape index (κ2) is 8.81. The van der Waals surface area contributed by atoms with Gasteiger partial charge in [-0.2, -0.15) is 4.98 Å². The van der Waals surface area contributed by atoms with Crippen LogP contribution in [0.15, 0.2) is 82.4 Å². The molecule has 2 unspecified atom stereocenters. The van der Waals surface area contributed by atoms with Crippen LogP contribution in [0, 0.1) is 13.8 Å². The highest BCUT2D eigenvalue weighted by atomic mass is 32.2. The van der Waals surface area contributed by atoms with Gasteiger partial charge in [-0.25, -0.2) is 4.68 Å². The summed E-state index contributed by atoms with van der Waals surface area (Å²) in [5.41, 5.74) is 7.97. The van der Waals surface area contributed by atoms with Crippen LogP contribution in [0.1, 0.15) is 40.0 Å². The van der Waals surface area contributed by atoms with E-state index in [2.05, 4.69) is 92.2 Å². The van der Waals surface area contributed by atoms with Crippen LogP contribution in [0.2, 0.25) is 0 Å². The fourth-order valence-corrected chi connectivity index (χ4v) is 5.59. The number of fused-ring (bicyclic) bond motifs is 3. The molecule has 0 aliphatic carbocycles. The van der Waals surface area contributed by atoms with E-state index in [1.807, 2.05) is 10.9 Å². The number of hydrogen-bond donors (Lipinski definition) is 1. The Hall–Kier alpha value is -3.16. The second-order valence-electron chi connectivity index (χ2n) is 8.91. The van der Waals surface area contributed by atoms with E-state index in [9.17, 15) is 0 Å². The van der Waals surface area contributed by atoms with Crippen LogP contribution < -0.4 is 10.1 Å². The number of aryl methyl sites for hydroxylation is 2. The molecule has 3 aromatic carbocycles. The zero-order valence-corrected chi connectivity index (χ0v) is 21.7. The summed E-state index contributed by atoms with van der Waals surface area (Å²) in [6, 6.07) is 23.6. The van der Waals surface area contributed by atoms with Crippen molar-refractivity contribution in [2.24, 2.45) is 0 Å². The van der Waals surface area contributed by atoms with E-state index in [4.69, 9.17) is 14.8 Å². The van der Waals surface area contributed by atoms with Crippen molar-refractivity contribution in [3.05, 3.63) is 100 Å². The zero-order valence-electron chi connectivity index (χ0n) is 20.1. The molecule has 2 aliphatic heterocycles. The molecule has 0 fully saturated rings. The molecule has 7 heteroatoms. The van der Waals surface area contributed by atoms with E-state index in [1.165, 1.54) is 16.0 Å². The Bertz CT molecular complexity index is 1440. The Labute approximate surface area is 214 Å². The molecule has 5 nitrogen and oxygen atoms in total. The molecule has 4 aromatic rings. The Morgan fingerprint density at radius 1 is 0.857 bits per heavy atom. The maximum absolute atomic E-state index is 6.77. The van der Waals surface area contributed by atoms with Crippen molar-refractivity contribution < 1.29 is 4.74 Å². The van der Waals surface area contributed by atoms with E-state index in [-0.39, 0.29) is 12.1 Å². The highest BCUT2D eigenvalue weighted by molar-refractivity contribution is 7.98. The Kier molecular flexibility index (Phi) is 5.61. The molecule has 6 rings (SSSR count). The van der Waals surface area contributed by atoms with Crippen molar-refractivity contribution in [1.82, 2.24) is 14.8 Å². The van der Waals surface area contributed by atoms with Gasteiger partial charge in [0.05, 0.1) is 5.70 Å². The standard InChI is InChI=1S/C28H26N4OS2/c1-16-5-8-18(9-6-16)25-23-24(29-27-30-28(35-4)31-32(25)27)21-15-17(2)7-14-22(21)33-26(23)19-10-12-20(34-3)13-11-19/h5-15,25-26H,1-4H3,(H,29,30,31). The van der Waals surface area contributed by atoms with E-state index in [0.717, 1.165) is 44.8 Å². The van der Waals surface area contributed by atoms with Crippen LogP contribution in [0.5, 0.6) is 5.75 Å². The summed E-state index contributed by atoms with van der Waals surface area (Å²) >= 11 is 3.29. The fourth-order valence-electron chi connectivity index (χ4n) is 4.83. The molecule has 0 saturated carbocycles. The first-order valence-electron chi connectivity index (χ1n) is 11.6. The highest BCUT2D eigenvalue weighted by Gasteiger charge is 2.41. The summed E-state index contributed by atoms with van der Waals surface area (Å²) in [6.45, 7) is 4.23. The normalized spacial score (nSPS) is 18.3. The molecule has 1 N–H and O–H groups in total. The third-order valence-corrected chi connectivity index (χ3v) is 7.88. The van der Waals surface area contributed by atoms with E-state index >= 15 is 0 Å². The number of anilines is 1. The zero-order chi connectivity index (χ0) is 24.1. The molecular weight excluding hydrogens is 472 g/mol. The van der Waals surface area contributed by atoms with Gasteiger partial charge in [0.1, 0.15) is 17.9 Å². The molecule has 176 valence electrons. The Morgan fingerprint density at radius 3 is 2.29 bits per heavy atom. The third kappa shape index (κ3) is 3.83. The first-order chi connectivity index (χ1) is 17.1. The maximum atomic E-state index is 6.77. The van der Waals surface area contributed by atoms with Crippen molar-refractivity contribution >= 4 is 35.2 Å². The minimum Gasteiger partial charge on any atom is -0.480 e. The number of nitrogens with zero attached hydrogens (tertiary/aromatic N) is 3. The van der Waals surface area contributed by atoms with Gasteiger partial charge in [-0.1, -0.05) is 65.4 Å². The lowest BCUT2D eigenvalue weighted by atomic mass is 9.84. The molecule has 0 spiro atoms. The van der Waals surface area contributed by atoms with Gasteiger partial charge in [-0.15, -0.1) is 16.9 Å². The highest BCUT2D eigenvalue weighted by Crippen LogP contribution is 2.51. The molecule has 1 aromatic heterocycles. The van der Waals surface area contributed by atoms with Gasteiger partial charge in [0, 0.05) is 16.0 Å². The van der Waals surface area contributed by atoms with E-state index in [1.54, 1.807) is 23.5 Å². The monoisotopic (exact) mass is 498 g/mol. The number of nitrogens with one attached hydrogen (secondary N) is 1. The van der Waals surface area contributed by atoms with Crippen molar-refractivity contribution in [3.63, 3.8) is 0 Å². The van der Waals surface area contributed by atoms with Gasteiger partial charge in [0.2, 0.25) is 11.1 Å². The van der Waals surface area contributed by atoms with Gasteiger partial charge in [-0.3, -0.25) is 0 Å². The Balaban J connectivity index is 1.62.